The van der Waals surface area contributed by atoms with Crippen LogP contribution in [-0.2, 0) is 53.1 Å². The Hall–Kier alpha value is -7.51. The number of nitrogens with two attached hydrogens (primary N) is 1. The highest BCUT2D eigenvalue weighted by Gasteiger charge is 2.75. The number of methoxy groups -OCH3 is 3. The van der Waals surface area contributed by atoms with Gasteiger partial charge < -0.3 is 35.1 Å². The van der Waals surface area contributed by atoms with E-state index in [2.05, 4.69) is 17.2 Å². The van der Waals surface area contributed by atoms with Gasteiger partial charge in [0.05, 0.1) is 45.0 Å². The number of aromatic hydroxyl groups is 1. The molecule has 4 N–H and O–H groups in total. The van der Waals surface area contributed by atoms with Crippen molar-refractivity contribution in [1.82, 2.24) is 10.2 Å². The Morgan fingerprint density at radius 3 is 1.95 bits per heavy atom. The quantitative estimate of drug-likeness (QED) is 0.0884. The van der Waals surface area contributed by atoms with Crippen LogP contribution >= 0.6 is 0 Å². The third-order valence-electron chi connectivity index (χ3n) is 12.1. The number of rotatable bonds is 10. The molecule has 0 unspecified atom stereocenters. The summed E-state index contributed by atoms with van der Waals surface area (Å²) in [7, 11) is 3.40. The Kier molecular flexibility index (Phi) is 12.6. The highest BCUT2D eigenvalue weighted by molar-refractivity contribution is 6.25. The van der Waals surface area contributed by atoms with E-state index in [1.165, 1.54) is 30.3 Å². The number of primary amides is 1. The lowest BCUT2D eigenvalue weighted by Gasteiger charge is -2.46. The SMILES string of the molecule is COC(=O)C(CC#Cc1ccc2c(c1)[C@]1(C(=O)N2C(=O)N[C@H](C(=O)OC)C(C)C)[C@H](C(N)=O)[C@H]2C(=O)O[C@H](c3ccccc3)[C@H](c3ccccc3)N2[C@@H]1c1ccc(O)cc1)C(=O)OC. The highest BCUT2D eigenvalue weighted by atomic mass is 16.6. The number of amides is 4. The lowest BCUT2D eigenvalue weighted by Crippen LogP contribution is -2.57. The molecule has 16 nitrogen and oxygen atoms in total. The van der Waals surface area contributed by atoms with Gasteiger partial charge in [-0.25, -0.2) is 14.5 Å². The number of imide groups is 1. The zero-order valence-electron chi connectivity index (χ0n) is 35.6. The number of benzene rings is 4. The second kappa shape index (κ2) is 18.1. The summed E-state index contributed by atoms with van der Waals surface area (Å²) in [6, 6.07) is 22.5. The minimum Gasteiger partial charge on any atom is -0.508 e. The first-order chi connectivity index (χ1) is 30.7. The van der Waals surface area contributed by atoms with Crippen LogP contribution in [0, 0.1) is 29.6 Å². The molecule has 4 aromatic carbocycles. The van der Waals surface area contributed by atoms with E-state index in [-0.39, 0.29) is 29.0 Å². The standard InChI is InChI=1S/C48H46N4O12/c1-26(2)36(44(57)63-5)50-47(60)51-34-24-19-27(13-12-18-32(42(55)61-3)43(56)62-4)25-33(34)48(46(51)59)35(41(49)54)38-45(58)64-39(29-16-10-7-11-17-29)37(28-14-8-6-9-15-28)52(38)40(48)30-20-22-31(53)23-21-30/h6-11,14-17,19-26,32,35-40,53H,18H2,1-5H3,(H2,49,54)(H,50,60)/t35-,36-,37-,38-,39+,40+,48-/m0/s1. The van der Waals surface area contributed by atoms with Crippen LogP contribution in [0.2, 0.25) is 0 Å². The number of phenols is 1. The molecule has 64 heavy (non-hydrogen) atoms. The predicted molar refractivity (Wildman–Crippen MR) is 227 cm³/mol. The van der Waals surface area contributed by atoms with Crippen molar-refractivity contribution in [2.45, 2.75) is 56.0 Å². The fraction of sp³-hybridized carbons (Fsp3) is 0.312. The molecular formula is C48H46N4O12. The molecule has 0 saturated carbocycles. The number of fused-ring (bicyclic) bond motifs is 3. The van der Waals surface area contributed by atoms with Gasteiger partial charge in [-0.15, -0.1) is 0 Å². The first-order valence-corrected chi connectivity index (χ1v) is 20.4. The highest BCUT2D eigenvalue weighted by Crippen LogP contribution is 2.65. The van der Waals surface area contributed by atoms with Crippen molar-refractivity contribution in [2.75, 3.05) is 26.2 Å². The summed E-state index contributed by atoms with van der Waals surface area (Å²) in [6.45, 7) is 3.35. The van der Waals surface area contributed by atoms with Crippen molar-refractivity contribution in [3.63, 3.8) is 0 Å². The molecular weight excluding hydrogens is 825 g/mol. The van der Waals surface area contributed by atoms with E-state index in [1.54, 1.807) is 67.3 Å². The molecule has 0 bridgehead atoms. The number of urea groups is 1. The van der Waals surface area contributed by atoms with E-state index in [0.717, 1.165) is 26.2 Å². The smallest absolute Gasteiger partial charge is 0.329 e. The molecule has 7 atom stereocenters. The van der Waals surface area contributed by atoms with Gasteiger partial charge in [-0.1, -0.05) is 98.5 Å². The Bertz CT molecular complexity index is 2540. The van der Waals surface area contributed by atoms with Crippen LogP contribution in [0.25, 0.3) is 0 Å². The Labute approximate surface area is 368 Å². The molecule has 2 fully saturated rings. The summed E-state index contributed by atoms with van der Waals surface area (Å²) in [5, 5.41) is 13.2. The minimum absolute atomic E-state index is 0.0125. The molecule has 1 spiro atoms. The number of carbonyl (C=O) groups excluding carboxylic acids is 7. The van der Waals surface area contributed by atoms with Crippen molar-refractivity contribution >= 4 is 47.4 Å². The second-order valence-electron chi connectivity index (χ2n) is 15.9. The van der Waals surface area contributed by atoms with Gasteiger partial charge in [0.1, 0.15) is 29.4 Å². The van der Waals surface area contributed by atoms with Gasteiger partial charge in [0.15, 0.2) is 5.92 Å². The Morgan fingerprint density at radius 2 is 1.39 bits per heavy atom. The zero-order valence-corrected chi connectivity index (χ0v) is 35.6. The van der Waals surface area contributed by atoms with Crippen molar-refractivity contribution in [1.29, 1.82) is 0 Å². The maximum atomic E-state index is 16.0. The molecule has 0 aliphatic carbocycles. The molecule has 3 aliphatic heterocycles. The van der Waals surface area contributed by atoms with E-state index in [9.17, 15) is 33.9 Å². The number of carbonyl (C=O) groups is 7. The van der Waals surface area contributed by atoms with Crippen molar-refractivity contribution < 1.29 is 57.6 Å². The second-order valence-corrected chi connectivity index (χ2v) is 15.9. The third kappa shape index (κ3) is 7.57. The van der Waals surface area contributed by atoms with Crippen molar-refractivity contribution in [3.8, 4) is 17.6 Å². The maximum Gasteiger partial charge on any atom is 0.329 e. The molecule has 330 valence electrons. The number of ether oxygens (including phenoxy) is 4. The van der Waals surface area contributed by atoms with Gasteiger partial charge in [0, 0.05) is 12.0 Å². The van der Waals surface area contributed by atoms with E-state index in [1.807, 2.05) is 24.3 Å². The molecule has 0 aromatic heterocycles. The monoisotopic (exact) mass is 870 g/mol. The molecule has 3 aliphatic rings. The first kappa shape index (κ1) is 44.5. The fourth-order valence-corrected chi connectivity index (χ4v) is 9.30. The van der Waals surface area contributed by atoms with Crippen LogP contribution in [-0.4, -0.2) is 85.1 Å². The summed E-state index contributed by atoms with van der Waals surface area (Å²) >= 11 is 0. The number of morpholine rings is 1. The van der Waals surface area contributed by atoms with E-state index >= 15 is 4.79 Å². The van der Waals surface area contributed by atoms with Crippen molar-refractivity contribution in [2.24, 2.45) is 23.5 Å². The molecule has 4 amide bonds. The van der Waals surface area contributed by atoms with Crippen LogP contribution in [0.5, 0.6) is 5.75 Å². The number of hydrogen-bond acceptors (Lipinski definition) is 13. The summed E-state index contributed by atoms with van der Waals surface area (Å²) < 4.78 is 20.9. The number of hydrogen-bond donors (Lipinski definition) is 3. The number of cyclic esters (lactones) is 1. The number of esters is 4. The fourth-order valence-electron chi connectivity index (χ4n) is 9.30. The van der Waals surface area contributed by atoms with E-state index in [0.29, 0.717) is 16.7 Å². The molecule has 16 heteroatoms. The molecule has 3 heterocycles. The van der Waals surface area contributed by atoms with Crippen LogP contribution < -0.4 is 16.0 Å². The lowest BCUT2D eigenvalue weighted by molar-refractivity contribution is -0.178. The zero-order chi connectivity index (χ0) is 46.0. The Morgan fingerprint density at radius 1 is 0.797 bits per heavy atom. The van der Waals surface area contributed by atoms with Gasteiger partial charge in [-0.3, -0.25) is 28.9 Å². The average Bonchev–Trinajstić information content (AvgIpc) is 3.76. The van der Waals surface area contributed by atoms with Gasteiger partial charge >= 0.3 is 29.9 Å². The molecule has 2 saturated heterocycles. The van der Waals surface area contributed by atoms with Crippen LogP contribution in [0.4, 0.5) is 10.5 Å². The maximum absolute atomic E-state index is 16.0. The van der Waals surface area contributed by atoms with Crippen LogP contribution in [0.15, 0.2) is 103 Å². The van der Waals surface area contributed by atoms with Crippen molar-refractivity contribution in [3.05, 3.63) is 131 Å². The topological polar surface area (TPSA) is 221 Å². The summed E-state index contributed by atoms with van der Waals surface area (Å²) in [4.78, 5) is 101. The number of anilines is 1. The number of phenolic OH excluding ortho intramolecular Hbond substituents is 1. The summed E-state index contributed by atoms with van der Waals surface area (Å²) in [6.07, 6.45) is -1.31. The van der Waals surface area contributed by atoms with Crippen LogP contribution in [0.1, 0.15) is 66.3 Å². The first-order valence-electron chi connectivity index (χ1n) is 20.4. The summed E-state index contributed by atoms with van der Waals surface area (Å²) in [5.74, 6) is -3.38. The Balaban J connectivity index is 1.53. The van der Waals surface area contributed by atoms with Gasteiger partial charge in [0.25, 0.3) is 0 Å². The third-order valence-corrected chi connectivity index (χ3v) is 12.1. The largest absolute Gasteiger partial charge is 0.508 e. The van der Waals surface area contributed by atoms with E-state index < -0.39 is 95.2 Å². The molecule has 4 aromatic rings. The summed E-state index contributed by atoms with van der Waals surface area (Å²) in [5.41, 5.74) is 6.10. The molecule has 0 radical (unpaired) electrons. The van der Waals surface area contributed by atoms with Gasteiger partial charge in [0.2, 0.25) is 11.8 Å². The average molecular weight is 871 g/mol. The van der Waals surface area contributed by atoms with Gasteiger partial charge in [-0.05, 0) is 58.5 Å². The van der Waals surface area contributed by atoms with Crippen LogP contribution in [0.3, 0.4) is 0 Å². The lowest BCUT2D eigenvalue weighted by atomic mass is 9.65. The minimum atomic E-state index is -2.21. The molecule has 7 rings (SSSR count). The number of nitrogens with one attached hydrogen (secondary N) is 1. The predicted octanol–water partition coefficient (Wildman–Crippen LogP) is 4.15. The van der Waals surface area contributed by atoms with Gasteiger partial charge in [-0.2, -0.15) is 0 Å². The van der Waals surface area contributed by atoms with E-state index in [4.69, 9.17) is 24.7 Å². The normalized spacial score (nSPS) is 22.7. The number of nitrogens with zero attached hydrogens (tertiary/aromatic N) is 2.